The largest absolute Gasteiger partial charge is 0.381 e. The van der Waals surface area contributed by atoms with Gasteiger partial charge in [-0.15, -0.1) is 0 Å². The van der Waals surface area contributed by atoms with Gasteiger partial charge in [0.15, 0.2) is 5.79 Å². The van der Waals surface area contributed by atoms with Crippen molar-refractivity contribution >= 4 is 0 Å². The molecule has 1 atom stereocenters. The fraction of sp³-hybridized carbons (Fsp3) is 0.625. The van der Waals surface area contributed by atoms with Gasteiger partial charge >= 0.3 is 0 Å². The second kappa shape index (κ2) is 6.40. The molecule has 0 radical (unpaired) electrons. The number of benzene rings is 1. The Morgan fingerprint density at radius 3 is 2.95 bits per heavy atom. The summed E-state index contributed by atoms with van der Waals surface area (Å²) in [5.41, 5.74) is 1.75. The number of ether oxygens (including phenoxy) is 3. The molecule has 21 heavy (non-hydrogen) atoms. The fourth-order valence-electron chi connectivity index (χ4n) is 2.87. The number of halogens is 1. The highest BCUT2D eigenvalue weighted by molar-refractivity contribution is 5.23. The van der Waals surface area contributed by atoms with Gasteiger partial charge in [0.25, 0.3) is 0 Å². The van der Waals surface area contributed by atoms with Crippen LogP contribution in [0, 0.1) is 12.7 Å². The minimum absolute atomic E-state index is 0.0240. The van der Waals surface area contributed by atoms with Crippen LogP contribution in [0.5, 0.6) is 0 Å². The van der Waals surface area contributed by atoms with E-state index < -0.39 is 5.79 Å². The molecule has 116 valence electrons. The van der Waals surface area contributed by atoms with Gasteiger partial charge in [-0.05, 0) is 13.0 Å². The van der Waals surface area contributed by atoms with Crippen molar-refractivity contribution in [2.45, 2.75) is 38.2 Å². The van der Waals surface area contributed by atoms with E-state index in [9.17, 15) is 4.39 Å². The fourth-order valence-corrected chi connectivity index (χ4v) is 2.87. The minimum atomic E-state index is -0.445. The highest BCUT2D eigenvalue weighted by Gasteiger charge is 2.42. The lowest BCUT2D eigenvalue weighted by atomic mass is 10.1. The van der Waals surface area contributed by atoms with Crippen LogP contribution < -0.4 is 5.32 Å². The third kappa shape index (κ3) is 3.61. The molecule has 2 aliphatic heterocycles. The molecular formula is C16H22FNO3. The zero-order valence-corrected chi connectivity index (χ0v) is 12.4. The summed E-state index contributed by atoms with van der Waals surface area (Å²) >= 11 is 0. The van der Waals surface area contributed by atoms with E-state index in [1.165, 1.54) is 6.07 Å². The van der Waals surface area contributed by atoms with E-state index in [1.54, 1.807) is 6.07 Å². The second-order valence-corrected chi connectivity index (χ2v) is 5.80. The zero-order chi connectivity index (χ0) is 14.7. The van der Waals surface area contributed by atoms with Gasteiger partial charge in [-0.2, -0.15) is 0 Å². The van der Waals surface area contributed by atoms with E-state index in [2.05, 4.69) is 5.32 Å². The highest BCUT2D eigenvalue weighted by Crippen LogP contribution is 2.32. The summed E-state index contributed by atoms with van der Waals surface area (Å²) in [5, 5.41) is 3.26. The van der Waals surface area contributed by atoms with E-state index in [1.807, 2.05) is 13.0 Å². The summed E-state index contributed by atoms with van der Waals surface area (Å²) in [6.45, 7) is 5.10. The van der Waals surface area contributed by atoms with Crippen molar-refractivity contribution in [2.24, 2.45) is 0 Å². The Bertz CT molecular complexity index is 488. The van der Waals surface area contributed by atoms with Crippen LogP contribution in [0.2, 0.25) is 0 Å². The van der Waals surface area contributed by atoms with Crippen molar-refractivity contribution in [3.05, 3.63) is 35.1 Å². The average Bonchev–Trinajstić information content (AvgIpc) is 2.86. The third-order valence-corrected chi connectivity index (χ3v) is 4.06. The summed E-state index contributed by atoms with van der Waals surface area (Å²) in [6, 6.07) is 5.16. The lowest BCUT2D eigenvalue weighted by Crippen LogP contribution is -2.39. The third-order valence-electron chi connectivity index (χ3n) is 4.06. The Kier molecular flexibility index (Phi) is 4.54. The summed E-state index contributed by atoms with van der Waals surface area (Å²) in [7, 11) is 0. The van der Waals surface area contributed by atoms with Crippen molar-refractivity contribution in [3.63, 3.8) is 0 Å². The Hall–Kier alpha value is -1.01. The number of hydrogen-bond donors (Lipinski definition) is 1. The van der Waals surface area contributed by atoms with Crippen molar-refractivity contribution < 1.29 is 18.6 Å². The normalized spacial score (nSPS) is 24.6. The Balaban J connectivity index is 1.47. The van der Waals surface area contributed by atoms with Crippen molar-refractivity contribution in [3.8, 4) is 0 Å². The Morgan fingerprint density at radius 1 is 1.33 bits per heavy atom. The summed E-state index contributed by atoms with van der Waals surface area (Å²) in [6.07, 6.45) is 1.60. The van der Waals surface area contributed by atoms with E-state index >= 15 is 0 Å². The van der Waals surface area contributed by atoms with Crippen LogP contribution in [0.15, 0.2) is 18.2 Å². The van der Waals surface area contributed by atoms with Crippen molar-refractivity contribution in [1.82, 2.24) is 5.32 Å². The second-order valence-electron chi connectivity index (χ2n) is 5.80. The molecule has 3 rings (SSSR count). The predicted octanol–water partition coefficient (Wildman–Crippen LogP) is 2.15. The molecule has 0 saturated carbocycles. The van der Waals surface area contributed by atoms with Gasteiger partial charge < -0.3 is 19.5 Å². The molecule has 0 amide bonds. The van der Waals surface area contributed by atoms with Crippen LogP contribution in [0.4, 0.5) is 4.39 Å². The molecule has 5 heteroatoms. The average molecular weight is 295 g/mol. The molecule has 2 saturated heterocycles. The molecule has 0 bridgehead atoms. The van der Waals surface area contributed by atoms with E-state index in [-0.39, 0.29) is 11.9 Å². The lowest BCUT2D eigenvalue weighted by molar-refractivity contribution is -0.210. The molecule has 2 fully saturated rings. The maximum absolute atomic E-state index is 13.6. The van der Waals surface area contributed by atoms with Gasteiger partial charge in [0.2, 0.25) is 0 Å². The van der Waals surface area contributed by atoms with Crippen molar-refractivity contribution in [2.75, 3.05) is 26.4 Å². The van der Waals surface area contributed by atoms with Crippen LogP contribution >= 0.6 is 0 Å². The molecule has 1 aromatic rings. The van der Waals surface area contributed by atoms with E-state index in [0.717, 1.165) is 18.4 Å². The van der Waals surface area contributed by atoms with Crippen LogP contribution in [0.3, 0.4) is 0 Å². The maximum atomic E-state index is 13.6. The van der Waals surface area contributed by atoms with Crippen LogP contribution in [0.1, 0.15) is 24.0 Å². The van der Waals surface area contributed by atoms with Crippen LogP contribution in [-0.2, 0) is 20.8 Å². The molecule has 1 aromatic carbocycles. The molecule has 0 unspecified atom stereocenters. The quantitative estimate of drug-likeness (QED) is 0.924. The van der Waals surface area contributed by atoms with Gasteiger partial charge in [-0.1, -0.05) is 17.7 Å². The molecular weight excluding hydrogens is 273 g/mol. The predicted molar refractivity (Wildman–Crippen MR) is 76.5 cm³/mol. The van der Waals surface area contributed by atoms with Crippen LogP contribution in [0.25, 0.3) is 0 Å². The number of aryl methyl sites for hydroxylation is 1. The Labute approximate surface area is 124 Å². The number of hydrogen-bond acceptors (Lipinski definition) is 4. The molecule has 2 aliphatic rings. The van der Waals surface area contributed by atoms with E-state index in [0.29, 0.717) is 38.5 Å². The molecule has 0 aliphatic carbocycles. The summed E-state index contributed by atoms with van der Waals surface area (Å²) < 4.78 is 30.8. The SMILES string of the molecule is Cc1ccc(F)c(CNC[C@@H]2COC3(CCOCC3)O2)c1. The highest BCUT2D eigenvalue weighted by atomic mass is 19.1. The summed E-state index contributed by atoms with van der Waals surface area (Å²) in [4.78, 5) is 0. The van der Waals surface area contributed by atoms with E-state index in [4.69, 9.17) is 14.2 Å². The first kappa shape index (κ1) is 14.9. The zero-order valence-electron chi connectivity index (χ0n) is 12.4. The minimum Gasteiger partial charge on any atom is -0.381 e. The maximum Gasteiger partial charge on any atom is 0.173 e. The first-order chi connectivity index (χ1) is 10.2. The van der Waals surface area contributed by atoms with Gasteiger partial charge in [-0.25, -0.2) is 4.39 Å². The standard InChI is InChI=1S/C16H22FNO3/c1-12-2-3-15(17)13(8-12)9-18-10-14-11-20-16(21-14)4-6-19-7-5-16/h2-3,8,14,18H,4-7,9-11H2,1H3/t14-/m1/s1. The lowest BCUT2D eigenvalue weighted by Gasteiger charge is -2.31. The molecule has 2 heterocycles. The van der Waals surface area contributed by atoms with Gasteiger partial charge in [-0.3, -0.25) is 0 Å². The first-order valence-electron chi connectivity index (χ1n) is 7.52. The molecule has 1 spiro atoms. The van der Waals surface area contributed by atoms with Gasteiger partial charge in [0.1, 0.15) is 5.82 Å². The van der Waals surface area contributed by atoms with Gasteiger partial charge in [0.05, 0.1) is 25.9 Å². The van der Waals surface area contributed by atoms with Crippen molar-refractivity contribution in [1.29, 1.82) is 0 Å². The smallest absolute Gasteiger partial charge is 0.173 e. The molecule has 0 aromatic heterocycles. The number of rotatable bonds is 4. The number of nitrogens with one attached hydrogen (secondary N) is 1. The molecule has 1 N–H and O–H groups in total. The monoisotopic (exact) mass is 295 g/mol. The summed E-state index contributed by atoms with van der Waals surface area (Å²) in [5.74, 6) is -0.614. The Morgan fingerprint density at radius 2 is 2.14 bits per heavy atom. The molecule has 4 nitrogen and oxygen atoms in total. The first-order valence-corrected chi connectivity index (χ1v) is 7.52. The topological polar surface area (TPSA) is 39.7 Å². The van der Waals surface area contributed by atoms with Crippen LogP contribution in [-0.4, -0.2) is 38.3 Å². The van der Waals surface area contributed by atoms with Gasteiger partial charge in [0, 0.05) is 31.5 Å².